The molecule has 1 N–H and O–H groups in total. The molecular weight excluding hydrogens is 290 g/mol. The fourth-order valence-corrected chi connectivity index (χ4v) is 2.95. The van der Waals surface area contributed by atoms with E-state index < -0.39 is 0 Å². The summed E-state index contributed by atoms with van der Waals surface area (Å²) in [4.78, 5) is 23.3. The molecule has 1 amide bonds. The second-order valence-corrected chi connectivity index (χ2v) is 7.22. The molecule has 1 atom stereocenters. The summed E-state index contributed by atoms with van der Waals surface area (Å²) < 4.78 is 0. The Balaban J connectivity index is 1.59. The van der Waals surface area contributed by atoms with Gasteiger partial charge in [-0.25, -0.2) is 0 Å². The predicted molar refractivity (Wildman–Crippen MR) is 87.5 cm³/mol. The summed E-state index contributed by atoms with van der Waals surface area (Å²) >= 11 is 0. The lowest BCUT2D eigenvalue weighted by molar-refractivity contribution is -0.138. The second-order valence-electron chi connectivity index (χ2n) is 7.22. The van der Waals surface area contributed by atoms with E-state index in [1.807, 2.05) is 37.9 Å². The van der Waals surface area contributed by atoms with Crippen LogP contribution in [0.1, 0.15) is 32.9 Å². The predicted octanol–water partition coefficient (Wildman–Crippen LogP) is 2.30. The van der Waals surface area contributed by atoms with Gasteiger partial charge in [-0.1, -0.05) is 20.8 Å². The molecular formula is C17H23N5O. The third-order valence-corrected chi connectivity index (χ3v) is 4.19. The summed E-state index contributed by atoms with van der Waals surface area (Å²) in [5.74, 6) is 0.703. The van der Waals surface area contributed by atoms with E-state index in [0.29, 0.717) is 5.92 Å². The number of aromatic amines is 1. The van der Waals surface area contributed by atoms with Crippen molar-refractivity contribution in [2.45, 2.75) is 33.6 Å². The quantitative estimate of drug-likeness (QED) is 0.943. The van der Waals surface area contributed by atoms with Crippen LogP contribution >= 0.6 is 0 Å². The van der Waals surface area contributed by atoms with Gasteiger partial charge in [-0.3, -0.25) is 19.9 Å². The molecule has 0 aliphatic carbocycles. The number of nitrogens with zero attached hydrogens (tertiary/aromatic N) is 4. The van der Waals surface area contributed by atoms with Gasteiger partial charge in [-0.2, -0.15) is 5.10 Å². The molecule has 0 bridgehead atoms. The Morgan fingerprint density at radius 2 is 2.17 bits per heavy atom. The molecule has 23 heavy (non-hydrogen) atoms. The first-order valence-electron chi connectivity index (χ1n) is 8.03. The van der Waals surface area contributed by atoms with Crippen molar-refractivity contribution in [1.82, 2.24) is 25.1 Å². The number of carbonyl (C=O) groups excluding carboxylic acids is 1. The average molecular weight is 313 g/mol. The highest BCUT2D eigenvalue weighted by atomic mass is 16.2. The lowest BCUT2D eigenvalue weighted by Crippen LogP contribution is -2.38. The third-order valence-electron chi connectivity index (χ3n) is 4.19. The van der Waals surface area contributed by atoms with Crippen LogP contribution in [0.5, 0.6) is 0 Å². The summed E-state index contributed by atoms with van der Waals surface area (Å²) in [6.07, 6.45) is 7.19. The van der Waals surface area contributed by atoms with Crippen LogP contribution in [0.4, 0.5) is 0 Å². The maximum Gasteiger partial charge on any atom is 0.227 e. The van der Waals surface area contributed by atoms with E-state index in [9.17, 15) is 4.79 Å². The Hall–Kier alpha value is -2.24. The van der Waals surface area contributed by atoms with E-state index >= 15 is 0 Å². The van der Waals surface area contributed by atoms with Gasteiger partial charge in [0.2, 0.25) is 5.91 Å². The SMILES string of the molecule is CC(C)(C)C(=O)N1CC[C@H](Cc2cnc(-c3ccn[nH]3)cn2)C1. The fourth-order valence-electron chi connectivity index (χ4n) is 2.95. The topological polar surface area (TPSA) is 74.8 Å². The number of rotatable bonds is 3. The van der Waals surface area contributed by atoms with E-state index in [0.717, 1.165) is 43.0 Å². The summed E-state index contributed by atoms with van der Waals surface area (Å²) in [7, 11) is 0. The lowest BCUT2D eigenvalue weighted by Gasteiger charge is -2.25. The normalized spacial score (nSPS) is 18.4. The molecule has 6 nitrogen and oxygen atoms in total. The Morgan fingerprint density at radius 3 is 2.78 bits per heavy atom. The van der Waals surface area contributed by atoms with Gasteiger partial charge >= 0.3 is 0 Å². The standard InChI is InChI=1S/C17H23N5O/c1-17(2,3)16(23)22-7-5-12(11-22)8-13-9-19-15(10-18-13)14-4-6-20-21-14/h4,6,9-10,12H,5,7-8,11H2,1-3H3,(H,20,21)/t12-/m1/s1. The minimum Gasteiger partial charge on any atom is -0.342 e. The van der Waals surface area contributed by atoms with Crippen LogP contribution in [-0.4, -0.2) is 44.1 Å². The summed E-state index contributed by atoms with van der Waals surface area (Å²) in [6, 6.07) is 1.87. The Bertz CT molecular complexity index is 657. The van der Waals surface area contributed by atoms with Gasteiger partial charge < -0.3 is 4.90 Å². The number of aromatic nitrogens is 4. The molecule has 122 valence electrons. The molecule has 0 spiro atoms. The molecule has 6 heteroatoms. The van der Waals surface area contributed by atoms with Crippen molar-refractivity contribution >= 4 is 5.91 Å². The fraction of sp³-hybridized carbons (Fsp3) is 0.529. The first-order chi connectivity index (χ1) is 10.9. The number of carbonyl (C=O) groups is 1. The summed E-state index contributed by atoms with van der Waals surface area (Å²) in [5, 5.41) is 6.80. The summed E-state index contributed by atoms with van der Waals surface area (Å²) in [5.41, 5.74) is 2.33. The number of hydrogen-bond donors (Lipinski definition) is 1. The van der Waals surface area contributed by atoms with Crippen molar-refractivity contribution in [3.8, 4) is 11.4 Å². The number of likely N-dealkylation sites (tertiary alicyclic amines) is 1. The highest BCUT2D eigenvalue weighted by Gasteiger charge is 2.32. The van der Waals surface area contributed by atoms with Crippen molar-refractivity contribution in [3.05, 3.63) is 30.4 Å². The van der Waals surface area contributed by atoms with Gasteiger partial charge in [0.05, 0.1) is 17.6 Å². The lowest BCUT2D eigenvalue weighted by atomic mass is 9.95. The zero-order valence-corrected chi connectivity index (χ0v) is 13.9. The van der Waals surface area contributed by atoms with Crippen molar-refractivity contribution in [3.63, 3.8) is 0 Å². The van der Waals surface area contributed by atoms with Gasteiger partial charge in [-0.15, -0.1) is 0 Å². The monoisotopic (exact) mass is 313 g/mol. The van der Waals surface area contributed by atoms with Crippen LogP contribution in [0.15, 0.2) is 24.7 Å². The van der Waals surface area contributed by atoms with Gasteiger partial charge in [0.1, 0.15) is 5.69 Å². The molecule has 1 aliphatic heterocycles. The molecule has 1 saturated heterocycles. The summed E-state index contributed by atoms with van der Waals surface area (Å²) in [6.45, 7) is 7.59. The Morgan fingerprint density at radius 1 is 1.35 bits per heavy atom. The zero-order chi connectivity index (χ0) is 16.4. The first-order valence-corrected chi connectivity index (χ1v) is 8.03. The molecule has 2 aromatic heterocycles. The van der Waals surface area contributed by atoms with Gasteiger partial charge in [0.15, 0.2) is 0 Å². The maximum atomic E-state index is 12.3. The van der Waals surface area contributed by atoms with Crippen LogP contribution in [0, 0.1) is 11.3 Å². The van der Waals surface area contributed by atoms with E-state index in [1.165, 1.54) is 0 Å². The molecule has 3 rings (SSSR count). The molecule has 1 aliphatic rings. The average Bonchev–Trinajstić information content (AvgIpc) is 3.17. The van der Waals surface area contributed by atoms with Crippen LogP contribution in [0.3, 0.4) is 0 Å². The molecule has 0 aromatic carbocycles. The molecule has 1 fully saturated rings. The minimum atomic E-state index is -0.305. The van der Waals surface area contributed by atoms with Crippen LogP contribution < -0.4 is 0 Å². The third kappa shape index (κ3) is 3.57. The zero-order valence-electron chi connectivity index (χ0n) is 13.9. The van der Waals surface area contributed by atoms with E-state index in [-0.39, 0.29) is 11.3 Å². The van der Waals surface area contributed by atoms with E-state index in [1.54, 1.807) is 12.4 Å². The maximum absolute atomic E-state index is 12.3. The van der Waals surface area contributed by atoms with E-state index in [4.69, 9.17) is 0 Å². The number of amides is 1. The first kappa shape index (κ1) is 15.6. The van der Waals surface area contributed by atoms with Crippen molar-refractivity contribution in [2.75, 3.05) is 13.1 Å². The van der Waals surface area contributed by atoms with Crippen molar-refractivity contribution in [2.24, 2.45) is 11.3 Å². The minimum absolute atomic E-state index is 0.237. The number of hydrogen-bond acceptors (Lipinski definition) is 4. The van der Waals surface area contributed by atoms with Crippen LogP contribution in [-0.2, 0) is 11.2 Å². The second kappa shape index (κ2) is 6.10. The van der Waals surface area contributed by atoms with Gasteiger partial charge in [0.25, 0.3) is 0 Å². The van der Waals surface area contributed by atoms with Crippen molar-refractivity contribution < 1.29 is 4.79 Å². The van der Waals surface area contributed by atoms with Gasteiger partial charge in [-0.05, 0) is 24.8 Å². The number of nitrogens with one attached hydrogen (secondary N) is 1. The molecule has 0 unspecified atom stereocenters. The van der Waals surface area contributed by atoms with Crippen LogP contribution in [0.25, 0.3) is 11.4 Å². The highest BCUT2D eigenvalue weighted by molar-refractivity contribution is 5.81. The number of H-pyrrole nitrogens is 1. The molecule has 2 aromatic rings. The largest absolute Gasteiger partial charge is 0.342 e. The highest BCUT2D eigenvalue weighted by Crippen LogP contribution is 2.25. The molecule has 0 radical (unpaired) electrons. The Kier molecular flexibility index (Phi) is 4.15. The van der Waals surface area contributed by atoms with Gasteiger partial charge in [0, 0.05) is 30.9 Å². The van der Waals surface area contributed by atoms with E-state index in [2.05, 4.69) is 20.2 Å². The van der Waals surface area contributed by atoms with Crippen molar-refractivity contribution in [1.29, 1.82) is 0 Å². The smallest absolute Gasteiger partial charge is 0.227 e. The van der Waals surface area contributed by atoms with Crippen LogP contribution in [0.2, 0.25) is 0 Å². The molecule has 0 saturated carbocycles. The molecule has 3 heterocycles. The Labute approximate surface area is 136 Å².